The van der Waals surface area contributed by atoms with E-state index in [1.165, 1.54) is 7.11 Å². The van der Waals surface area contributed by atoms with Crippen LogP contribution in [0.1, 0.15) is 38.2 Å². The van der Waals surface area contributed by atoms with Crippen molar-refractivity contribution in [2.45, 2.75) is 38.0 Å². The Morgan fingerprint density at radius 2 is 2.00 bits per heavy atom. The van der Waals surface area contributed by atoms with Crippen molar-refractivity contribution in [3.8, 4) is 0 Å². The molecule has 0 aromatic heterocycles. The molecule has 114 valence electrons. The molecular weight excluding hydrogens is 268 g/mol. The molecule has 0 N–H and O–H groups in total. The van der Waals surface area contributed by atoms with Gasteiger partial charge in [-0.1, -0.05) is 36.8 Å². The van der Waals surface area contributed by atoms with E-state index in [-0.39, 0.29) is 24.3 Å². The Balaban J connectivity index is 2.38. The predicted molar refractivity (Wildman–Crippen MR) is 78.7 cm³/mol. The highest BCUT2D eigenvalue weighted by Crippen LogP contribution is 2.48. The van der Waals surface area contributed by atoms with E-state index in [0.717, 1.165) is 24.8 Å². The Morgan fingerprint density at radius 1 is 1.29 bits per heavy atom. The molecule has 1 aromatic rings. The fourth-order valence-electron chi connectivity index (χ4n) is 3.46. The minimum absolute atomic E-state index is 0.227. The van der Waals surface area contributed by atoms with Crippen molar-refractivity contribution >= 4 is 11.9 Å². The second-order valence-corrected chi connectivity index (χ2v) is 5.47. The van der Waals surface area contributed by atoms with Gasteiger partial charge in [0.25, 0.3) is 0 Å². The van der Waals surface area contributed by atoms with Crippen molar-refractivity contribution < 1.29 is 19.1 Å². The smallest absolute Gasteiger partial charge is 0.309 e. The van der Waals surface area contributed by atoms with Gasteiger partial charge in [-0.3, -0.25) is 9.59 Å². The second kappa shape index (κ2) is 6.74. The molecule has 0 radical (unpaired) electrons. The quantitative estimate of drug-likeness (QED) is 0.782. The summed E-state index contributed by atoms with van der Waals surface area (Å²) in [7, 11) is 1.40. The number of ether oxygens (including phenoxy) is 2. The maximum atomic E-state index is 12.2. The average molecular weight is 290 g/mol. The van der Waals surface area contributed by atoms with Crippen LogP contribution in [0.3, 0.4) is 0 Å². The van der Waals surface area contributed by atoms with Gasteiger partial charge in [0, 0.05) is 5.41 Å². The number of benzene rings is 1. The molecular formula is C17H22O4. The van der Waals surface area contributed by atoms with Crippen molar-refractivity contribution in [2.24, 2.45) is 5.92 Å². The van der Waals surface area contributed by atoms with Crippen LogP contribution in [0.2, 0.25) is 0 Å². The zero-order valence-corrected chi connectivity index (χ0v) is 12.6. The van der Waals surface area contributed by atoms with E-state index >= 15 is 0 Å². The molecule has 1 aliphatic carbocycles. The van der Waals surface area contributed by atoms with E-state index in [1.807, 2.05) is 30.3 Å². The van der Waals surface area contributed by atoms with Gasteiger partial charge < -0.3 is 9.47 Å². The molecule has 4 nitrogen and oxygen atoms in total. The summed E-state index contributed by atoms with van der Waals surface area (Å²) in [6.45, 7) is 2.14. The van der Waals surface area contributed by atoms with Crippen LogP contribution in [-0.2, 0) is 24.5 Å². The molecule has 0 saturated heterocycles. The number of hydrogen-bond donors (Lipinski definition) is 0. The third kappa shape index (κ3) is 3.09. The molecule has 4 heteroatoms. The summed E-state index contributed by atoms with van der Waals surface area (Å²) in [4.78, 5) is 24.2. The van der Waals surface area contributed by atoms with Crippen LogP contribution in [0.15, 0.2) is 30.3 Å². The van der Waals surface area contributed by atoms with Gasteiger partial charge >= 0.3 is 11.9 Å². The summed E-state index contributed by atoms with van der Waals surface area (Å²) in [5.74, 6) is -0.771. The fourth-order valence-corrected chi connectivity index (χ4v) is 3.46. The first-order valence-electron chi connectivity index (χ1n) is 7.43. The van der Waals surface area contributed by atoms with Crippen molar-refractivity contribution in [1.82, 2.24) is 0 Å². The van der Waals surface area contributed by atoms with E-state index in [1.54, 1.807) is 6.92 Å². The summed E-state index contributed by atoms with van der Waals surface area (Å²) in [5, 5.41) is 0. The Morgan fingerprint density at radius 3 is 2.62 bits per heavy atom. The average Bonchev–Trinajstić information content (AvgIpc) is 2.92. The van der Waals surface area contributed by atoms with Gasteiger partial charge in [-0.2, -0.15) is 0 Å². The number of hydrogen-bond acceptors (Lipinski definition) is 4. The van der Waals surface area contributed by atoms with Gasteiger partial charge in [0.1, 0.15) is 0 Å². The predicted octanol–water partition coefficient (Wildman–Crippen LogP) is 2.85. The van der Waals surface area contributed by atoms with Crippen LogP contribution in [0.5, 0.6) is 0 Å². The number of esters is 2. The number of methoxy groups -OCH3 is 1. The number of carbonyl (C=O) groups is 2. The first-order chi connectivity index (χ1) is 10.1. The van der Waals surface area contributed by atoms with Gasteiger partial charge in [0.15, 0.2) is 0 Å². The van der Waals surface area contributed by atoms with Crippen LogP contribution in [0.4, 0.5) is 0 Å². The maximum absolute atomic E-state index is 12.2. The third-order valence-electron chi connectivity index (χ3n) is 4.38. The molecule has 1 aromatic carbocycles. The van der Waals surface area contributed by atoms with Gasteiger partial charge in [-0.05, 0) is 25.3 Å². The first kappa shape index (κ1) is 15.5. The van der Waals surface area contributed by atoms with E-state index in [2.05, 4.69) is 0 Å². The van der Waals surface area contributed by atoms with E-state index in [0.29, 0.717) is 6.61 Å². The van der Waals surface area contributed by atoms with Crippen molar-refractivity contribution in [3.05, 3.63) is 35.9 Å². The molecule has 0 heterocycles. The molecule has 0 amide bonds. The fraction of sp³-hybridized carbons (Fsp3) is 0.529. The van der Waals surface area contributed by atoms with Crippen LogP contribution in [-0.4, -0.2) is 25.7 Å². The number of rotatable bonds is 5. The van der Waals surface area contributed by atoms with Gasteiger partial charge in [0.2, 0.25) is 0 Å². The highest BCUT2D eigenvalue weighted by atomic mass is 16.5. The molecule has 2 rings (SSSR count). The van der Waals surface area contributed by atoms with Gasteiger partial charge in [-0.15, -0.1) is 0 Å². The molecule has 2 atom stereocenters. The summed E-state index contributed by atoms with van der Waals surface area (Å²) in [6, 6.07) is 9.79. The van der Waals surface area contributed by atoms with E-state index in [9.17, 15) is 9.59 Å². The van der Waals surface area contributed by atoms with E-state index in [4.69, 9.17) is 9.47 Å². The van der Waals surface area contributed by atoms with E-state index < -0.39 is 5.41 Å². The Hall–Kier alpha value is -1.84. The monoisotopic (exact) mass is 290 g/mol. The largest absolute Gasteiger partial charge is 0.469 e. The topological polar surface area (TPSA) is 52.6 Å². The lowest BCUT2D eigenvalue weighted by molar-refractivity contribution is -0.150. The Labute approximate surface area is 125 Å². The standard InChI is InChI=1S/C17H22O4/c1-3-21-15(18)12-17(13-8-5-4-6-9-13)11-7-10-14(17)16(19)20-2/h4-6,8-9,14H,3,7,10-12H2,1-2H3. The SMILES string of the molecule is CCOC(=O)CC1(c2ccccc2)CCCC1C(=O)OC. The second-order valence-electron chi connectivity index (χ2n) is 5.47. The Bertz CT molecular complexity index is 497. The minimum atomic E-state index is -0.499. The molecule has 0 aliphatic heterocycles. The lowest BCUT2D eigenvalue weighted by Crippen LogP contribution is -2.38. The van der Waals surface area contributed by atoms with Crippen molar-refractivity contribution in [3.63, 3.8) is 0 Å². The third-order valence-corrected chi connectivity index (χ3v) is 4.38. The van der Waals surface area contributed by atoms with Crippen LogP contribution >= 0.6 is 0 Å². The van der Waals surface area contributed by atoms with Crippen molar-refractivity contribution in [2.75, 3.05) is 13.7 Å². The highest BCUT2D eigenvalue weighted by molar-refractivity contribution is 5.79. The molecule has 2 unspecified atom stereocenters. The first-order valence-corrected chi connectivity index (χ1v) is 7.43. The molecule has 0 bridgehead atoms. The normalized spacial score (nSPS) is 24.6. The van der Waals surface area contributed by atoms with Gasteiger partial charge in [0.05, 0.1) is 26.1 Å². The lowest BCUT2D eigenvalue weighted by Gasteiger charge is -2.34. The van der Waals surface area contributed by atoms with Crippen LogP contribution < -0.4 is 0 Å². The molecule has 1 saturated carbocycles. The summed E-state index contributed by atoms with van der Waals surface area (Å²) < 4.78 is 10.1. The van der Waals surface area contributed by atoms with Crippen molar-refractivity contribution in [1.29, 1.82) is 0 Å². The number of carbonyl (C=O) groups excluding carboxylic acids is 2. The highest BCUT2D eigenvalue weighted by Gasteiger charge is 2.49. The maximum Gasteiger partial charge on any atom is 0.309 e. The summed E-state index contributed by atoms with van der Waals surface area (Å²) in [6.07, 6.45) is 2.69. The molecule has 1 aliphatic rings. The molecule has 1 fully saturated rings. The summed E-state index contributed by atoms with van der Waals surface area (Å²) in [5.41, 5.74) is 0.520. The van der Waals surface area contributed by atoms with Crippen LogP contribution in [0, 0.1) is 5.92 Å². The summed E-state index contributed by atoms with van der Waals surface area (Å²) >= 11 is 0. The van der Waals surface area contributed by atoms with Crippen LogP contribution in [0.25, 0.3) is 0 Å². The molecule has 0 spiro atoms. The zero-order chi connectivity index (χ0) is 15.3. The molecule has 21 heavy (non-hydrogen) atoms. The van der Waals surface area contributed by atoms with Gasteiger partial charge in [-0.25, -0.2) is 0 Å². The minimum Gasteiger partial charge on any atom is -0.469 e. The lowest BCUT2D eigenvalue weighted by atomic mass is 9.70. The zero-order valence-electron chi connectivity index (χ0n) is 12.6. The Kier molecular flexibility index (Phi) is 4.99.